The Morgan fingerprint density at radius 2 is 2.60 bits per heavy atom. The molecule has 4 nitrogen and oxygen atoms in total. The summed E-state index contributed by atoms with van der Waals surface area (Å²) in [5, 5.41) is 2.80. The quantitative estimate of drug-likeness (QED) is 0.445. The summed E-state index contributed by atoms with van der Waals surface area (Å²) >= 11 is 6.01. The zero-order valence-corrected chi connectivity index (χ0v) is 6.63. The predicted octanol–water partition coefficient (Wildman–Crippen LogP) is 0.303. The summed E-state index contributed by atoms with van der Waals surface area (Å²) < 4.78 is 0. The van der Waals surface area contributed by atoms with Crippen molar-refractivity contribution in [3.63, 3.8) is 0 Å². The first-order valence-electron chi connectivity index (χ1n) is 2.50. The van der Waals surface area contributed by atoms with Gasteiger partial charge < -0.3 is 5.73 Å². The van der Waals surface area contributed by atoms with Crippen LogP contribution in [0.4, 0.5) is 5.13 Å². The second-order valence-corrected chi connectivity index (χ2v) is 2.79. The van der Waals surface area contributed by atoms with Crippen LogP contribution in [0.2, 0.25) is 0 Å². The molecule has 6 heteroatoms. The summed E-state index contributed by atoms with van der Waals surface area (Å²) in [5.41, 5.74) is 10.4. The van der Waals surface area contributed by atoms with Crippen LogP contribution < -0.4 is 16.6 Å². The molecule has 1 aromatic rings. The molecule has 0 fully saturated rings. The third kappa shape index (κ3) is 2.16. The lowest BCUT2D eigenvalue weighted by molar-refractivity contribution is 1.11. The van der Waals surface area contributed by atoms with E-state index in [1.54, 1.807) is 6.20 Å². The summed E-state index contributed by atoms with van der Waals surface area (Å²) in [6.07, 6.45) is 1.69. The minimum absolute atomic E-state index is 0.204. The number of thiazole rings is 1. The Hall–Kier alpha value is -0.880. The van der Waals surface area contributed by atoms with Gasteiger partial charge in [-0.25, -0.2) is 4.98 Å². The molecule has 0 atom stereocenters. The normalized spacial score (nSPS) is 8.80. The molecule has 0 aliphatic heterocycles. The van der Waals surface area contributed by atoms with E-state index in [0.717, 1.165) is 5.13 Å². The molecule has 0 spiro atoms. The number of hydrogen-bond acceptors (Lipinski definition) is 4. The van der Waals surface area contributed by atoms with E-state index in [1.165, 1.54) is 11.3 Å². The third-order valence-corrected chi connectivity index (χ3v) is 1.52. The molecule has 1 aromatic heterocycles. The van der Waals surface area contributed by atoms with Crippen molar-refractivity contribution < 1.29 is 0 Å². The van der Waals surface area contributed by atoms with Crippen molar-refractivity contribution in [1.82, 2.24) is 10.4 Å². The van der Waals surface area contributed by atoms with Gasteiger partial charge in [-0.2, -0.15) is 0 Å². The number of nitrogens with two attached hydrogens (primary N) is 1. The topological polar surface area (TPSA) is 63.0 Å². The van der Waals surface area contributed by atoms with Crippen LogP contribution in [-0.2, 0) is 0 Å². The molecule has 0 aliphatic carbocycles. The van der Waals surface area contributed by atoms with Crippen molar-refractivity contribution in [2.24, 2.45) is 5.73 Å². The van der Waals surface area contributed by atoms with Crippen LogP contribution in [0.5, 0.6) is 0 Å². The SMILES string of the molecule is NC(=S)NNc1nccs1. The maximum absolute atomic E-state index is 5.14. The van der Waals surface area contributed by atoms with E-state index >= 15 is 0 Å². The first-order chi connectivity index (χ1) is 4.79. The molecule has 0 saturated heterocycles. The number of hydrogen-bond donors (Lipinski definition) is 3. The summed E-state index contributed by atoms with van der Waals surface area (Å²) in [6, 6.07) is 0. The lowest BCUT2D eigenvalue weighted by atomic mass is 11.0. The molecular formula is C4H6N4S2. The molecule has 0 bridgehead atoms. The van der Waals surface area contributed by atoms with Crippen molar-refractivity contribution in [2.75, 3.05) is 5.43 Å². The molecule has 0 radical (unpaired) electrons. The Balaban J connectivity index is 2.35. The summed E-state index contributed by atoms with van der Waals surface area (Å²) in [5.74, 6) is 0. The maximum atomic E-state index is 5.14. The molecular weight excluding hydrogens is 168 g/mol. The smallest absolute Gasteiger partial charge is 0.201 e. The van der Waals surface area contributed by atoms with Crippen LogP contribution in [0.15, 0.2) is 11.6 Å². The van der Waals surface area contributed by atoms with E-state index in [1.807, 2.05) is 5.38 Å². The Bertz CT molecular complexity index is 207. The van der Waals surface area contributed by atoms with Gasteiger partial charge in [-0.15, -0.1) is 11.3 Å². The molecule has 0 aromatic carbocycles. The van der Waals surface area contributed by atoms with Crippen molar-refractivity contribution in [1.29, 1.82) is 0 Å². The number of hydrazine groups is 1. The van der Waals surface area contributed by atoms with Crippen molar-refractivity contribution in [2.45, 2.75) is 0 Å². The van der Waals surface area contributed by atoms with E-state index in [9.17, 15) is 0 Å². The van der Waals surface area contributed by atoms with E-state index in [2.05, 4.69) is 28.1 Å². The monoisotopic (exact) mass is 174 g/mol. The Labute approximate surface area is 67.4 Å². The number of rotatable bonds is 2. The summed E-state index contributed by atoms with van der Waals surface area (Å²) in [7, 11) is 0. The summed E-state index contributed by atoms with van der Waals surface area (Å²) in [6.45, 7) is 0. The van der Waals surface area contributed by atoms with Gasteiger partial charge in [-0.1, -0.05) is 0 Å². The molecule has 0 aliphatic rings. The maximum Gasteiger partial charge on any atom is 0.201 e. The minimum atomic E-state index is 0.204. The summed E-state index contributed by atoms with van der Waals surface area (Å²) in [4.78, 5) is 3.92. The second kappa shape index (κ2) is 3.33. The fourth-order valence-corrected chi connectivity index (χ4v) is 0.934. The van der Waals surface area contributed by atoms with Crippen LogP contribution in [0.1, 0.15) is 0 Å². The van der Waals surface area contributed by atoms with Gasteiger partial charge in [-0.05, 0) is 12.2 Å². The van der Waals surface area contributed by atoms with E-state index in [0.29, 0.717) is 0 Å². The largest absolute Gasteiger partial charge is 0.375 e. The molecule has 0 saturated carbocycles. The number of nitrogens with one attached hydrogen (secondary N) is 2. The highest BCUT2D eigenvalue weighted by Crippen LogP contribution is 2.07. The first kappa shape index (κ1) is 7.23. The van der Waals surface area contributed by atoms with Gasteiger partial charge >= 0.3 is 0 Å². The van der Waals surface area contributed by atoms with E-state index in [-0.39, 0.29) is 5.11 Å². The van der Waals surface area contributed by atoms with Crippen LogP contribution >= 0.6 is 23.6 Å². The predicted molar refractivity (Wildman–Crippen MR) is 45.7 cm³/mol. The zero-order chi connectivity index (χ0) is 7.40. The van der Waals surface area contributed by atoms with Gasteiger partial charge in [0.1, 0.15) is 0 Å². The first-order valence-corrected chi connectivity index (χ1v) is 3.79. The average molecular weight is 174 g/mol. The van der Waals surface area contributed by atoms with Crippen molar-refractivity contribution in [3.8, 4) is 0 Å². The number of aromatic nitrogens is 1. The standard InChI is InChI=1S/C4H6N4S2/c5-3(9)7-8-4-6-1-2-10-4/h1-2H,(H,6,8)(H3,5,7,9). The van der Waals surface area contributed by atoms with Crippen LogP contribution in [0.25, 0.3) is 0 Å². The third-order valence-electron chi connectivity index (χ3n) is 0.725. The average Bonchev–Trinajstić information content (AvgIpc) is 2.34. The second-order valence-electron chi connectivity index (χ2n) is 1.45. The van der Waals surface area contributed by atoms with Gasteiger partial charge in [-0.3, -0.25) is 10.9 Å². The van der Waals surface area contributed by atoms with Crippen molar-refractivity contribution in [3.05, 3.63) is 11.6 Å². The fourth-order valence-electron chi connectivity index (χ4n) is 0.400. The zero-order valence-electron chi connectivity index (χ0n) is 5.00. The molecule has 1 rings (SSSR count). The number of anilines is 1. The van der Waals surface area contributed by atoms with Crippen molar-refractivity contribution >= 4 is 33.8 Å². The van der Waals surface area contributed by atoms with E-state index in [4.69, 9.17) is 5.73 Å². The molecule has 0 unspecified atom stereocenters. The van der Waals surface area contributed by atoms with Gasteiger partial charge in [0.2, 0.25) is 5.13 Å². The van der Waals surface area contributed by atoms with Gasteiger partial charge in [0.05, 0.1) is 0 Å². The Kier molecular flexibility index (Phi) is 2.41. The lowest BCUT2D eigenvalue weighted by Crippen LogP contribution is -2.33. The lowest BCUT2D eigenvalue weighted by Gasteiger charge is -2.01. The molecule has 1 heterocycles. The number of thiocarbonyl (C=S) groups is 1. The van der Waals surface area contributed by atoms with Gasteiger partial charge in [0, 0.05) is 11.6 Å². The molecule has 0 amide bonds. The van der Waals surface area contributed by atoms with Gasteiger partial charge in [0.15, 0.2) is 5.11 Å². The van der Waals surface area contributed by atoms with Crippen LogP contribution in [0, 0.1) is 0 Å². The highest BCUT2D eigenvalue weighted by atomic mass is 32.1. The molecule has 10 heavy (non-hydrogen) atoms. The van der Waals surface area contributed by atoms with Crippen LogP contribution in [0.3, 0.4) is 0 Å². The van der Waals surface area contributed by atoms with Gasteiger partial charge in [0.25, 0.3) is 0 Å². The highest BCUT2D eigenvalue weighted by Gasteiger charge is 1.90. The molecule has 54 valence electrons. The fraction of sp³-hybridized carbons (Fsp3) is 0. The molecule has 4 N–H and O–H groups in total. The Morgan fingerprint density at radius 3 is 3.10 bits per heavy atom. The highest BCUT2D eigenvalue weighted by molar-refractivity contribution is 7.80. The van der Waals surface area contributed by atoms with Crippen LogP contribution in [-0.4, -0.2) is 10.1 Å². The minimum Gasteiger partial charge on any atom is -0.375 e. The number of nitrogens with zero attached hydrogens (tertiary/aromatic N) is 1. The Morgan fingerprint density at radius 1 is 1.80 bits per heavy atom. The van der Waals surface area contributed by atoms with E-state index < -0.39 is 0 Å².